The summed E-state index contributed by atoms with van der Waals surface area (Å²) in [4.78, 5) is 4.12. The number of rotatable bonds is 7. The molecule has 2 aromatic carbocycles. The quantitative estimate of drug-likeness (QED) is 0.414. The van der Waals surface area contributed by atoms with E-state index in [0.717, 1.165) is 45.5 Å². The van der Waals surface area contributed by atoms with E-state index in [2.05, 4.69) is 40.7 Å². The number of hydrogen-bond acceptors (Lipinski definition) is 4. The van der Waals surface area contributed by atoms with Crippen molar-refractivity contribution in [3.8, 4) is 34.2 Å². The predicted octanol–water partition coefficient (Wildman–Crippen LogP) is 5.44. The molecule has 0 radical (unpaired) electrons. The molecule has 0 aliphatic heterocycles. The molecule has 0 spiro atoms. The van der Waals surface area contributed by atoms with Gasteiger partial charge in [-0.3, -0.25) is 4.98 Å². The Morgan fingerprint density at radius 1 is 0.833 bits per heavy atom. The van der Waals surface area contributed by atoms with Crippen molar-refractivity contribution < 1.29 is 14.2 Å². The van der Waals surface area contributed by atoms with Crippen molar-refractivity contribution in [3.05, 3.63) is 90.4 Å². The minimum Gasteiger partial charge on any atom is -0.497 e. The largest absolute Gasteiger partial charge is 0.497 e. The zero-order valence-corrected chi connectivity index (χ0v) is 17.3. The first-order chi connectivity index (χ1) is 14.7. The van der Waals surface area contributed by atoms with Gasteiger partial charge in [-0.25, -0.2) is 0 Å². The van der Waals surface area contributed by atoms with E-state index in [4.69, 9.17) is 14.2 Å². The van der Waals surface area contributed by atoms with E-state index in [-0.39, 0.29) is 0 Å². The van der Waals surface area contributed by atoms with Crippen LogP contribution in [0.1, 0.15) is 11.3 Å². The molecule has 2 heterocycles. The zero-order chi connectivity index (χ0) is 20.9. The van der Waals surface area contributed by atoms with Gasteiger partial charge in [0.1, 0.15) is 23.9 Å². The Morgan fingerprint density at radius 3 is 2.20 bits per heavy atom. The third-order valence-corrected chi connectivity index (χ3v) is 4.95. The lowest BCUT2D eigenvalue weighted by molar-refractivity contribution is 0.305. The normalized spacial score (nSPS) is 10.6. The SMILES string of the molecule is COc1cc(OC)cc(-c2ccc(C)n2-c2ccc(OCc3cccnc3)cc2)c1. The van der Waals surface area contributed by atoms with Crippen molar-refractivity contribution in [2.45, 2.75) is 13.5 Å². The van der Waals surface area contributed by atoms with Crippen LogP contribution in [0.3, 0.4) is 0 Å². The smallest absolute Gasteiger partial charge is 0.123 e. The topological polar surface area (TPSA) is 45.5 Å². The summed E-state index contributed by atoms with van der Waals surface area (Å²) in [6.07, 6.45) is 3.57. The van der Waals surface area contributed by atoms with Crippen LogP contribution in [0.4, 0.5) is 0 Å². The third-order valence-electron chi connectivity index (χ3n) is 4.95. The minimum absolute atomic E-state index is 0.491. The lowest BCUT2D eigenvalue weighted by Crippen LogP contribution is -2.00. The van der Waals surface area contributed by atoms with E-state index in [1.807, 2.05) is 48.7 Å². The van der Waals surface area contributed by atoms with E-state index in [0.29, 0.717) is 6.61 Å². The Morgan fingerprint density at radius 2 is 1.57 bits per heavy atom. The first kappa shape index (κ1) is 19.6. The number of pyridine rings is 1. The second kappa shape index (κ2) is 8.74. The number of nitrogens with zero attached hydrogens (tertiary/aromatic N) is 2. The van der Waals surface area contributed by atoms with Crippen LogP contribution >= 0.6 is 0 Å². The lowest BCUT2D eigenvalue weighted by atomic mass is 10.1. The molecule has 0 fully saturated rings. The van der Waals surface area contributed by atoms with Crippen LogP contribution in [0.5, 0.6) is 17.2 Å². The molecule has 0 unspecified atom stereocenters. The molecular weight excluding hydrogens is 376 g/mol. The summed E-state index contributed by atoms with van der Waals surface area (Å²) in [7, 11) is 3.32. The zero-order valence-electron chi connectivity index (χ0n) is 17.3. The number of methoxy groups -OCH3 is 2. The third kappa shape index (κ3) is 4.15. The summed E-state index contributed by atoms with van der Waals surface area (Å²) < 4.78 is 19.0. The molecule has 4 rings (SSSR count). The molecule has 0 saturated carbocycles. The molecule has 2 aromatic heterocycles. The molecule has 0 saturated heterocycles. The summed E-state index contributed by atoms with van der Waals surface area (Å²) in [5.41, 5.74) is 5.32. The summed E-state index contributed by atoms with van der Waals surface area (Å²) >= 11 is 0. The Bertz CT molecular complexity index is 1100. The molecule has 0 amide bonds. The van der Waals surface area contributed by atoms with Gasteiger partial charge in [0.15, 0.2) is 0 Å². The van der Waals surface area contributed by atoms with Crippen LogP contribution in [0.2, 0.25) is 0 Å². The molecule has 0 aliphatic rings. The molecule has 5 nitrogen and oxygen atoms in total. The van der Waals surface area contributed by atoms with Crippen LogP contribution in [-0.2, 0) is 6.61 Å². The van der Waals surface area contributed by atoms with Crippen LogP contribution in [0.25, 0.3) is 16.9 Å². The Kier molecular flexibility index (Phi) is 5.70. The standard InChI is InChI=1S/C25H24N2O3/c1-18-6-11-25(20-13-23(28-2)15-24(14-20)29-3)27(18)21-7-9-22(10-8-21)30-17-19-5-4-12-26-16-19/h4-16H,17H2,1-3H3. The molecular formula is C25H24N2O3. The van der Waals surface area contributed by atoms with Gasteiger partial charge < -0.3 is 18.8 Å². The fraction of sp³-hybridized carbons (Fsp3) is 0.160. The van der Waals surface area contributed by atoms with E-state index >= 15 is 0 Å². The average molecular weight is 400 g/mol. The van der Waals surface area contributed by atoms with Gasteiger partial charge >= 0.3 is 0 Å². The molecule has 152 valence electrons. The van der Waals surface area contributed by atoms with Crippen molar-refractivity contribution >= 4 is 0 Å². The number of hydrogen-bond donors (Lipinski definition) is 0. The second-order valence-corrected chi connectivity index (χ2v) is 6.94. The predicted molar refractivity (Wildman–Crippen MR) is 118 cm³/mol. The highest BCUT2D eigenvalue weighted by molar-refractivity contribution is 5.68. The van der Waals surface area contributed by atoms with Gasteiger partial charge in [0.25, 0.3) is 0 Å². The van der Waals surface area contributed by atoms with E-state index in [1.54, 1.807) is 20.4 Å². The van der Waals surface area contributed by atoms with Crippen LogP contribution in [0, 0.1) is 6.92 Å². The highest BCUT2D eigenvalue weighted by atomic mass is 16.5. The number of aromatic nitrogens is 2. The molecule has 5 heteroatoms. The van der Waals surface area contributed by atoms with Gasteiger partial charge in [0, 0.05) is 41.0 Å². The van der Waals surface area contributed by atoms with Crippen molar-refractivity contribution in [3.63, 3.8) is 0 Å². The summed E-state index contributed by atoms with van der Waals surface area (Å²) in [5.74, 6) is 2.33. The van der Waals surface area contributed by atoms with Gasteiger partial charge in [-0.2, -0.15) is 0 Å². The maximum absolute atomic E-state index is 5.89. The molecule has 0 aliphatic carbocycles. The first-order valence-electron chi connectivity index (χ1n) is 9.72. The highest BCUT2D eigenvalue weighted by Gasteiger charge is 2.12. The first-order valence-corrected chi connectivity index (χ1v) is 9.72. The fourth-order valence-electron chi connectivity index (χ4n) is 3.40. The summed E-state index contributed by atoms with van der Waals surface area (Å²) in [5, 5.41) is 0. The number of benzene rings is 2. The van der Waals surface area contributed by atoms with E-state index in [1.165, 1.54) is 0 Å². The summed E-state index contributed by atoms with van der Waals surface area (Å²) in [6.45, 7) is 2.58. The maximum atomic E-state index is 5.89. The van der Waals surface area contributed by atoms with Crippen molar-refractivity contribution in [1.82, 2.24) is 9.55 Å². The molecule has 0 N–H and O–H groups in total. The van der Waals surface area contributed by atoms with Crippen LogP contribution in [-0.4, -0.2) is 23.8 Å². The molecule has 30 heavy (non-hydrogen) atoms. The molecule has 0 bridgehead atoms. The van der Waals surface area contributed by atoms with E-state index < -0.39 is 0 Å². The highest BCUT2D eigenvalue weighted by Crippen LogP contribution is 2.33. The Balaban J connectivity index is 1.62. The molecule has 0 atom stereocenters. The van der Waals surface area contributed by atoms with Gasteiger partial charge in [-0.15, -0.1) is 0 Å². The monoisotopic (exact) mass is 400 g/mol. The Hall–Kier alpha value is -3.73. The number of ether oxygens (including phenoxy) is 3. The second-order valence-electron chi connectivity index (χ2n) is 6.94. The Labute approximate surface area is 176 Å². The van der Waals surface area contributed by atoms with Crippen molar-refractivity contribution in [2.75, 3.05) is 14.2 Å². The average Bonchev–Trinajstić information content (AvgIpc) is 3.19. The van der Waals surface area contributed by atoms with Crippen LogP contribution in [0.15, 0.2) is 79.1 Å². The van der Waals surface area contributed by atoms with Gasteiger partial charge in [-0.05, 0) is 61.5 Å². The van der Waals surface area contributed by atoms with E-state index in [9.17, 15) is 0 Å². The lowest BCUT2D eigenvalue weighted by Gasteiger charge is -2.15. The molecule has 4 aromatic rings. The fourth-order valence-corrected chi connectivity index (χ4v) is 3.40. The van der Waals surface area contributed by atoms with Gasteiger partial charge in [0.2, 0.25) is 0 Å². The summed E-state index contributed by atoms with van der Waals surface area (Å²) in [6, 6.07) is 22.1. The van der Waals surface area contributed by atoms with Gasteiger partial charge in [0.05, 0.1) is 19.9 Å². The number of aryl methyl sites for hydroxylation is 1. The van der Waals surface area contributed by atoms with Gasteiger partial charge in [-0.1, -0.05) is 6.07 Å². The van der Waals surface area contributed by atoms with Crippen molar-refractivity contribution in [2.24, 2.45) is 0 Å². The maximum Gasteiger partial charge on any atom is 0.123 e. The minimum atomic E-state index is 0.491. The van der Waals surface area contributed by atoms with Crippen LogP contribution < -0.4 is 14.2 Å². The van der Waals surface area contributed by atoms with Crippen molar-refractivity contribution in [1.29, 1.82) is 0 Å².